The number of methoxy groups -OCH3 is 1. The zero-order chi connectivity index (χ0) is 19.2. The third-order valence-corrected chi connectivity index (χ3v) is 5.02. The Labute approximate surface area is 160 Å². The van der Waals surface area contributed by atoms with Crippen LogP contribution in [-0.2, 0) is 9.53 Å². The average Bonchev–Trinajstić information content (AvgIpc) is 2.72. The van der Waals surface area contributed by atoms with E-state index in [9.17, 15) is 9.59 Å². The molecule has 5 heteroatoms. The Balaban J connectivity index is 1.62. The smallest absolute Gasteiger partial charge is 0.327 e. The number of nitrogens with zero attached hydrogens (tertiary/aromatic N) is 1. The molecule has 1 saturated heterocycles. The van der Waals surface area contributed by atoms with Gasteiger partial charge in [-0.3, -0.25) is 10.1 Å². The molecule has 0 aliphatic carbocycles. The van der Waals surface area contributed by atoms with Gasteiger partial charge in [-0.1, -0.05) is 48.0 Å². The van der Waals surface area contributed by atoms with Gasteiger partial charge in [-0.05, 0) is 37.5 Å². The van der Waals surface area contributed by atoms with Gasteiger partial charge in [-0.25, -0.2) is 4.79 Å². The van der Waals surface area contributed by atoms with Gasteiger partial charge < -0.3 is 9.64 Å². The number of esters is 1. The predicted molar refractivity (Wildman–Crippen MR) is 104 cm³/mol. The van der Waals surface area contributed by atoms with Crippen molar-refractivity contribution in [3.63, 3.8) is 0 Å². The molecule has 142 valence electrons. The number of piperidine rings is 1. The highest BCUT2D eigenvalue weighted by Crippen LogP contribution is 2.21. The van der Waals surface area contributed by atoms with Crippen molar-refractivity contribution in [2.75, 3.05) is 20.2 Å². The molecule has 3 rings (SSSR count). The van der Waals surface area contributed by atoms with Gasteiger partial charge in [-0.2, -0.15) is 0 Å². The predicted octanol–water partition coefficient (Wildman–Crippen LogP) is 3.10. The molecule has 0 aromatic heterocycles. The SMILES string of the molecule is COC(=O)C(NC1CCN(C(=O)c2ccccc2)CC1)c1cccc(C)c1. The minimum atomic E-state index is -0.490. The largest absolute Gasteiger partial charge is 0.468 e. The second-order valence-corrected chi connectivity index (χ2v) is 6.97. The van der Waals surface area contributed by atoms with Crippen LogP contribution in [0.15, 0.2) is 54.6 Å². The van der Waals surface area contributed by atoms with E-state index in [1.54, 1.807) is 0 Å². The monoisotopic (exact) mass is 366 g/mol. The lowest BCUT2D eigenvalue weighted by Gasteiger charge is -2.34. The van der Waals surface area contributed by atoms with Gasteiger partial charge in [-0.15, -0.1) is 0 Å². The number of carbonyl (C=O) groups excluding carboxylic acids is 2. The van der Waals surface area contributed by atoms with Crippen molar-refractivity contribution < 1.29 is 14.3 Å². The summed E-state index contributed by atoms with van der Waals surface area (Å²) in [5, 5.41) is 3.44. The van der Waals surface area contributed by atoms with Crippen LogP contribution in [0.5, 0.6) is 0 Å². The van der Waals surface area contributed by atoms with Gasteiger partial charge in [0.05, 0.1) is 7.11 Å². The molecule has 1 N–H and O–H groups in total. The van der Waals surface area contributed by atoms with Crippen molar-refractivity contribution in [3.05, 3.63) is 71.3 Å². The number of benzene rings is 2. The molecule has 2 aromatic carbocycles. The van der Waals surface area contributed by atoms with Crippen LogP contribution in [0.1, 0.15) is 40.4 Å². The first kappa shape index (κ1) is 19.1. The first-order chi connectivity index (χ1) is 13.1. The Bertz CT molecular complexity index is 783. The van der Waals surface area contributed by atoms with Gasteiger partial charge in [0.15, 0.2) is 0 Å². The van der Waals surface area contributed by atoms with E-state index in [2.05, 4.69) is 5.32 Å². The molecule has 5 nitrogen and oxygen atoms in total. The van der Waals surface area contributed by atoms with Crippen LogP contribution < -0.4 is 5.32 Å². The Morgan fingerprint density at radius 1 is 1.07 bits per heavy atom. The molecule has 1 fully saturated rings. The highest BCUT2D eigenvalue weighted by molar-refractivity contribution is 5.94. The van der Waals surface area contributed by atoms with E-state index in [4.69, 9.17) is 4.74 Å². The normalized spacial score (nSPS) is 16.0. The fourth-order valence-electron chi connectivity index (χ4n) is 3.52. The number of carbonyl (C=O) groups is 2. The van der Waals surface area contributed by atoms with E-state index in [1.807, 2.05) is 66.4 Å². The number of hydrogen-bond acceptors (Lipinski definition) is 4. The standard InChI is InChI=1S/C22H26N2O3/c1-16-7-6-10-18(15-16)20(22(26)27-2)23-19-11-13-24(14-12-19)21(25)17-8-4-3-5-9-17/h3-10,15,19-20,23H,11-14H2,1-2H3. The first-order valence-electron chi connectivity index (χ1n) is 9.33. The highest BCUT2D eigenvalue weighted by atomic mass is 16.5. The van der Waals surface area contributed by atoms with Gasteiger partial charge in [0.1, 0.15) is 6.04 Å². The lowest BCUT2D eigenvalue weighted by atomic mass is 9.99. The second kappa shape index (κ2) is 8.82. The molecule has 1 atom stereocenters. The maximum atomic E-state index is 12.6. The molecular weight excluding hydrogens is 340 g/mol. The summed E-state index contributed by atoms with van der Waals surface area (Å²) in [5.41, 5.74) is 2.73. The Morgan fingerprint density at radius 2 is 1.78 bits per heavy atom. The zero-order valence-electron chi connectivity index (χ0n) is 15.9. The van der Waals surface area contributed by atoms with Crippen LogP contribution in [0.2, 0.25) is 0 Å². The van der Waals surface area contributed by atoms with Crippen molar-refractivity contribution in [3.8, 4) is 0 Å². The number of nitrogens with one attached hydrogen (secondary N) is 1. The van der Waals surface area contributed by atoms with Gasteiger partial charge in [0.2, 0.25) is 0 Å². The topological polar surface area (TPSA) is 58.6 Å². The number of amides is 1. The van der Waals surface area contributed by atoms with Crippen LogP contribution >= 0.6 is 0 Å². The molecular formula is C22H26N2O3. The number of rotatable bonds is 5. The molecule has 0 saturated carbocycles. The third kappa shape index (κ3) is 4.74. The molecule has 1 heterocycles. The summed E-state index contributed by atoms with van der Waals surface area (Å²) in [7, 11) is 1.41. The van der Waals surface area contributed by atoms with E-state index in [0.29, 0.717) is 13.1 Å². The van der Waals surface area contributed by atoms with E-state index in [0.717, 1.165) is 29.5 Å². The quantitative estimate of drug-likeness (QED) is 0.826. The Hall–Kier alpha value is -2.66. The van der Waals surface area contributed by atoms with Crippen molar-refractivity contribution in [1.29, 1.82) is 0 Å². The van der Waals surface area contributed by atoms with E-state index >= 15 is 0 Å². The van der Waals surface area contributed by atoms with Crippen molar-refractivity contribution in [2.24, 2.45) is 0 Å². The summed E-state index contributed by atoms with van der Waals surface area (Å²) in [4.78, 5) is 26.8. The summed E-state index contributed by atoms with van der Waals surface area (Å²) in [6.07, 6.45) is 1.61. The fourth-order valence-corrected chi connectivity index (χ4v) is 3.52. The van der Waals surface area contributed by atoms with Crippen molar-refractivity contribution in [1.82, 2.24) is 10.2 Å². The highest BCUT2D eigenvalue weighted by Gasteiger charge is 2.29. The van der Waals surface area contributed by atoms with Crippen LogP contribution in [0.4, 0.5) is 0 Å². The van der Waals surface area contributed by atoms with E-state index in [-0.39, 0.29) is 17.9 Å². The number of hydrogen-bond donors (Lipinski definition) is 1. The number of likely N-dealkylation sites (tertiary alicyclic amines) is 1. The van der Waals surface area contributed by atoms with Crippen LogP contribution in [0.3, 0.4) is 0 Å². The summed E-state index contributed by atoms with van der Waals surface area (Å²) in [6.45, 7) is 3.35. The maximum Gasteiger partial charge on any atom is 0.327 e. The molecule has 27 heavy (non-hydrogen) atoms. The number of ether oxygens (including phenoxy) is 1. The van der Waals surface area contributed by atoms with Gasteiger partial charge in [0.25, 0.3) is 5.91 Å². The maximum absolute atomic E-state index is 12.6. The zero-order valence-corrected chi connectivity index (χ0v) is 15.9. The van der Waals surface area contributed by atoms with Crippen molar-refractivity contribution >= 4 is 11.9 Å². The van der Waals surface area contributed by atoms with Crippen molar-refractivity contribution in [2.45, 2.75) is 31.8 Å². The lowest BCUT2D eigenvalue weighted by Crippen LogP contribution is -2.47. The summed E-state index contributed by atoms with van der Waals surface area (Å²) in [6, 6.07) is 16.9. The second-order valence-electron chi connectivity index (χ2n) is 6.97. The van der Waals surface area contributed by atoms with E-state index < -0.39 is 6.04 Å². The third-order valence-electron chi connectivity index (χ3n) is 5.02. The van der Waals surface area contributed by atoms with E-state index in [1.165, 1.54) is 7.11 Å². The molecule has 1 amide bonds. The van der Waals surface area contributed by atoms with Gasteiger partial charge in [0, 0.05) is 24.7 Å². The molecule has 1 unspecified atom stereocenters. The molecule has 0 spiro atoms. The lowest BCUT2D eigenvalue weighted by molar-refractivity contribution is -0.143. The summed E-state index contributed by atoms with van der Waals surface area (Å²) in [5.74, 6) is -0.222. The van der Waals surface area contributed by atoms with Gasteiger partial charge >= 0.3 is 5.97 Å². The molecule has 0 radical (unpaired) electrons. The summed E-state index contributed by atoms with van der Waals surface area (Å²) < 4.78 is 5.00. The minimum Gasteiger partial charge on any atom is -0.468 e. The summed E-state index contributed by atoms with van der Waals surface area (Å²) >= 11 is 0. The van der Waals surface area contributed by atoms with Crippen LogP contribution in [0.25, 0.3) is 0 Å². The molecule has 2 aromatic rings. The Kier molecular flexibility index (Phi) is 6.24. The molecule has 1 aliphatic heterocycles. The molecule has 1 aliphatic rings. The Morgan fingerprint density at radius 3 is 2.41 bits per heavy atom. The van der Waals surface area contributed by atoms with Crippen LogP contribution in [-0.4, -0.2) is 43.0 Å². The van der Waals surface area contributed by atoms with Crippen LogP contribution in [0, 0.1) is 6.92 Å². The average molecular weight is 366 g/mol. The minimum absolute atomic E-state index is 0.0669. The first-order valence-corrected chi connectivity index (χ1v) is 9.33. The molecule has 0 bridgehead atoms. The fraction of sp³-hybridized carbons (Fsp3) is 0.364. The number of aryl methyl sites for hydroxylation is 1.